The molecule has 1 atom stereocenters. The highest BCUT2D eigenvalue weighted by atomic mass is 32.2. The Morgan fingerprint density at radius 3 is 2.40 bits per heavy atom. The molecule has 0 saturated carbocycles. The van der Waals surface area contributed by atoms with Crippen LogP contribution in [0.3, 0.4) is 0 Å². The Kier molecular flexibility index (Phi) is 5.49. The van der Waals surface area contributed by atoms with Crippen molar-refractivity contribution in [2.45, 2.75) is 25.3 Å². The number of carboxylic acid groups (broad SMARTS) is 1. The van der Waals surface area contributed by atoms with Gasteiger partial charge in [-0.25, -0.2) is 0 Å². The Bertz CT molecular complexity index is 476. The van der Waals surface area contributed by atoms with Crippen molar-refractivity contribution in [3.8, 4) is 0 Å². The van der Waals surface area contributed by atoms with Crippen LogP contribution in [0.2, 0.25) is 0 Å². The molecule has 8 nitrogen and oxygen atoms in total. The zero-order valence-corrected chi connectivity index (χ0v) is 12.8. The van der Waals surface area contributed by atoms with E-state index in [1.54, 1.807) is 14.1 Å². The third-order valence-electron chi connectivity index (χ3n) is 3.26. The van der Waals surface area contributed by atoms with E-state index in [4.69, 9.17) is 5.11 Å². The number of hydrogen-bond donors (Lipinski definition) is 1. The summed E-state index contributed by atoms with van der Waals surface area (Å²) in [6.45, 7) is 0.168. The van der Waals surface area contributed by atoms with E-state index in [0.717, 1.165) is 8.61 Å². The van der Waals surface area contributed by atoms with Crippen LogP contribution in [-0.4, -0.2) is 79.2 Å². The van der Waals surface area contributed by atoms with Gasteiger partial charge in [0.1, 0.15) is 6.04 Å². The number of likely N-dealkylation sites (N-methyl/N-ethyl adjacent to an activating group) is 1. The molecule has 0 aromatic heterocycles. The van der Waals surface area contributed by atoms with E-state index in [1.165, 1.54) is 11.9 Å². The molecule has 0 spiro atoms. The number of carbonyl (C=O) groups is 2. The van der Waals surface area contributed by atoms with Crippen LogP contribution in [0.4, 0.5) is 0 Å². The molecule has 1 aliphatic heterocycles. The first-order valence-electron chi connectivity index (χ1n) is 6.34. The van der Waals surface area contributed by atoms with Crippen molar-refractivity contribution in [3.63, 3.8) is 0 Å². The molecular weight excluding hydrogens is 286 g/mol. The fraction of sp³-hybridized carbons (Fsp3) is 0.818. The van der Waals surface area contributed by atoms with Gasteiger partial charge in [-0.2, -0.15) is 17.0 Å². The lowest BCUT2D eigenvalue weighted by Gasteiger charge is -2.29. The number of nitrogens with zero attached hydrogens (tertiary/aromatic N) is 3. The zero-order valence-electron chi connectivity index (χ0n) is 11.9. The highest BCUT2D eigenvalue weighted by Gasteiger charge is 2.41. The van der Waals surface area contributed by atoms with Crippen LogP contribution in [-0.2, 0) is 19.8 Å². The third kappa shape index (κ3) is 3.68. The van der Waals surface area contributed by atoms with E-state index < -0.39 is 22.2 Å². The smallest absolute Gasteiger partial charge is 0.304 e. The first-order chi connectivity index (χ1) is 9.17. The minimum Gasteiger partial charge on any atom is -0.481 e. The van der Waals surface area contributed by atoms with E-state index in [2.05, 4.69) is 0 Å². The summed E-state index contributed by atoms with van der Waals surface area (Å²) in [4.78, 5) is 23.9. The molecule has 1 fully saturated rings. The standard InChI is InChI=1S/C11H21N3O5S/c1-12(2)11(17)9-5-4-7-14(9)20(18,19)13(3)8-6-10(15)16/h9H,4-8H2,1-3H3,(H,15,16). The third-order valence-corrected chi connectivity index (χ3v) is 5.26. The fourth-order valence-electron chi connectivity index (χ4n) is 2.11. The van der Waals surface area contributed by atoms with Gasteiger partial charge in [0.05, 0.1) is 6.42 Å². The van der Waals surface area contributed by atoms with Gasteiger partial charge in [0.2, 0.25) is 5.91 Å². The topological polar surface area (TPSA) is 98.2 Å². The first-order valence-corrected chi connectivity index (χ1v) is 7.73. The Balaban J connectivity index is 2.85. The minimum absolute atomic E-state index is 0.114. The summed E-state index contributed by atoms with van der Waals surface area (Å²) in [6.07, 6.45) is 0.842. The molecule has 9 heteroatoms. The number of amides is 1. The zero-order chi connectivity index (χ0) is 15.5. The summed E-state index contributed by atoms with van der Waals surface area (Å²) in [7, 11) is 0.687. The molecule has 1 N–H and O–H groups in total. The van der Waals surface area contributed by atoms with Crippen LogP contribution in [0, 0.1) is 0 Å². The van der Waals surface area contributed by atoms with Crippen molar-refractivity contribution < 1.29 is 23.1 Å². The SMILES string of the molecule is CN(C)C(=O)C1CCCN1S(=O)(=O)N(C)CCC(=O)O. The van der Waals surface area contributed by atoms with Crippen molar-refractivity contribution in [1.29, 1.82) is 0 Å². The van der Waals surface area contributed by atoms with Crippen LogP contribution in [0.15, 0.2) is 0 Å². The van der Waals surface area contributed by atoms with Crippen LogP contribution >= 0.6 is 0 Å². The second-order valence-electron chi connectivity index (χ2n) is 4.97. The number of carboxylic acids is 1. The largest absolute Gasteiger partial charge is 0.481 e. The number of aliphatic carboxylic acids is 1. The molecule has 0 radical (unpaired) electrons. The molecule has 1 aliphatic rings. The van der Waals surface area contributed by atoms with Crippen molar-refractivity contribution in [3.05, 3.63) is 0 Å². The molecule has 1 rings (SSSR count). The van der Waals surface area contributed by atoms with E-state index in [-0.39, 0.29) is 25.4 Å². The van der Waals surface area contributed by atoms with Gasteiger partial charge in [-0.05, 0) is 12.8 Å². The maximum atomic E-state index is 12.4. The molecule has 1 saturated heterocycles. The predicted molar refractivity (Wildman–Crippen MR) is 72.2 cm³/mol. The van der Waals surface area contributed by atoms with Gasteiger partial charge < -0.3 is 10.0 Å². The molecule has 20 heavy (non-hydrogen) atoms. The quantitative estimate of drug-likeness (QED) is 0.692. The van der Waals surface area contributed by atoms with Crippen LogP contribution in [0.5, 0.6) is 0 Å². The van der Waals surface area contributed by atoms with Gasteiger partial charge in [-0.1, -0.05) is 0 Å². The van der Waals surface area contributed by atoms with Gasteiger partial charge in [0.15, 0.2) is 0 Å². The Morgan fingerprint density at radius 1 is 1.30 bits per heavy atom. The summed E-state index contributed by atoms with van der Waals surface area (Å²) < 4.78 is 26.9. The number of carbonyl (C=O) groups excluding carboxylic acids is 1. The van der Waals surface area contributed by atoms with E-state index in [9.17, 15) is 18.0 Å². The molecule has 1 heterocycles. The second-order valence-corrected chi connectivity index (χ2v) is 6.96. The molecule has 1 unspecified atom stereocenters. The molecule has 0 aliphatic carbocycles. The fourth-order valence-corrected chi connectivity index (χ4v) is 3.67. The van der Waals surface area contributed by atoms with E-state index in [1.807, 2.05) is 0 Å². The lowest BCUT2D eigenvalue weighted by Crippen LogP contribution is -2.50. The lowest BCUT2D eigenvalue weighted by atomic mass is 10.2. The summed E-state index contributed by atoms with van der Waals surface area (Å²) in [5, 5.41) is 8.61. The maximum absolute atomic E-state index is 12.4. The van der Waals surface area contributed by atoms with Crippen molar-refractivity contribution >= 4 is 22.1 Å². The van der Waals surface area contributed by atoms with Crippen molar-refractivity contribution in [2.24, 2.45) is 0 Å². The monoisotopic (exact) mass is 307 g/mol. The number of rotatable bonds is 6. The van der Waals surface area contributed by atoms with Gasteiger partial charge in [0, 0.05) is 34.2 Å². The Morgan fingerprint density at radius 2 is 1.90 bits per heavy atom. The van der Waals surface area contributed by atoms with Crippen LogP contribution < -0.4 is 0 Å². The Labute approximate surface area is 119 Å². The average molecular weight is 307 g/mol. The molecule has 1 amide bonds. The summed E-state index contributed by atoms with van der Waals surface area (Å²) in [5.74, 6) is -1.31. The van der Waals surface area contributed by atoms with E-state index >= 15 is 0 Å². The van der Waals surface area contributed by atoms with Gasteiger partial charge in [-0.15, -0.1) is 0 Å². The predicted octanol–water partition coefficient (Wildman–Crippen LogP) is -0.810. The first kappa shape index (κ1) is 16.9. The highest BCUT2D eigenvalue weighted by molar-refractivity contribution is 7.86. The molecule has 0 aromatic carbocycles. The normalized spacial score (nSPS) is 20.3. The molecule has 0 aromatic rings. The van der Waals surface area contributed by atoms with Gasteiger partial charge in [-0.3, -0.25) is 9.59 Å². The lowest BCUT2D eigenvalue weighted by molar-refractivity contribution is -0.137. The van der Waals surface area contributed by atoms with Crippen molar-refractivity contribution in [2.75, 3.05) is 34.2 Å². The molecule has 0 bridgehead atoms. The molecular formula is C11H21N3O5S. The van der Waals surface area contributed by atoms with Crippen LogP contribution in [0.25, 0.3) is 0 Å². The highest BCUT2D eigenvalue weighted by Crippen LogP contribution is 2.24. The Hall–Kier alpha value is -1.19. The number of hydrogen-bond acceptors (Lipinski definition) is 4. The van der Waals surface area contributed by atoms with Gasteiger partial charge in [0.25, 0.3) is 10.2 Å². The van der Waals surface area contributed by atoms with Crippen molar-refractivity contribution in [1.82, 2.24) is 13.5 Å². The van der Waals surface area contributed by atoms with Crippen LogP contribution in [0.1, 0.15) is 19.3 Å². The second kappa shape index (κ2) is 6.51. The summed E-state index contributed by atoms with van der Waals surface area (Å²) in [5.41, 5.74) is 0. The van der Waals surface area contributed by atoms with Gasteiger partial charge >= 0.3 is 5.97 Å². The summed E-state index contributed by atoms with van der Waals surface area (Å²) >= 11 is 0. The molecule has 116 valence electrons. The minimum atomic E-state index is -3.81. The maximum Gasteiger partial charge on any atom is 0.304 e. The van der Waals surface area contributed by atoms with E-state index in [0.29, 0.717) is 12.8 Å². The average Bonchev–Trinajstić information content (AvgIpc) is 2.84. The summed E-state index contributed by atoms with van der Waals surface area (Å²) in [6, 6.07) is -0.692.